The van der Waals surface area contributed by atoms with Gasteiger partial charge in [0.15, 0.2) is 0 Å². The summed E-state index contributed by atoms with van der Waals surface area (Å²) in [6.07, 6.45) is 3.34. The molecule has 0 bridgehead atoms. The van der Waals surface area contributed by atoms with Crippen molar-refractivity contribution in [2.75, 3.05) is 24.5 Å². The SMILES string of the molecule is CC#CC(=O)NCCCN1CCCc2ccccc21. The number of carbonyl (C=O) groups is 1. The number of amides is 1. The van der Waals surface area contributed by atoms with Gasteiger partial charge in [-0.05, 0) is 43.7 Å². The van der Waals surface area contributed by atoms with Crippen molar-refractivity contribution in [3.8, 4) is 11.8 Å². The Balaban J connectivity index is 1.81. The fraction of sp³-hybridized carbons (Fsp3) is 0.438. The van der Waals surface area contributed by atoms with Gasteiger partial charge in [0.1, 0.15) is 0 Å². The van der Waals surface area contributed by atoms with Crippen molar-refractivity contribution in [2.45, 2.75) is 26.2 Å². The van der Waals surface area contributed by atoms with E-state index in [1.54, 1.807) is 6.92 Å². The van der Waals surface area contributed by atoms with E-state index in [9.17, 15) is 4.79 Å². The molecule has 1 aromatic carbocycles. The highest BCUT2D eigenvalue weighted by Gasteiger charge is 2.15. The molecule has 1 aromatic rings. The topological polar surface area (TPSA) is 32.3 Å². The molecule has 1 aliphatic rings. The van der Waals surface area contributed by atoms with Gasteiger partial charge >= 0.3 is 0 Å². The van der Waals surface area contributed by atoms with E-state index in [4.69, 9.17) is 0 Å². The third-order valence-electron chi connectivity index (χ3n) is 3.34. The fourth-order valence-corrected chi connectivity index (χ4v) is 2.47. The highest BCUT2D eigenvalue weighted by atomic mass is 16.1. The molecule has 0 atom stereocenters. The minimum atomic E-state index is -0.179. The average Bonchev–Trinajstić information content (AvgIpc) is 2.44. The second-order valence-electron chi connectivity index (χ2n) is 4.70. The molecular formula is C16H20N2O. The largest absolute Gasteiger partial charge is 0.371 e. The quantitative estimate of drug-likeness (QED) is 0.660. The molecule has 0 radical (unpaired) electrons. The molecule has 100 valence electrons. The third-order valence-corrected chi connectivity index (χ3v) is 3.34. The average molecular weight is 256 g/mol. The molecule has 1 aliphatic heterocycles. The monoisotopic (exact) mass is 256 g/mol. The van der Waals surface area contributed by atoms with E-state index in [0.717, 1.165) is 19.5 Å². The van der Waals surface area contributed by atoms with E-state index < -0.39 is 0 Å². The summed E-state index contributed by atoms with van der Waals surface area (Å²) in [6.45, 7) is 4.45. The van der Waals surface area contributed by atoms with Gasteiger partial charge in [-0.1, -0.05) is 24.1 Å². The Kier molecular flexibility index (Phi) is 4.85. The molecule has 1 N–H and O–H groups in total. The zero-order valence-corrected chi connectivity index (χ0v) is 11.4. The minimum Gasteiger partial charge on any atom is -0.371 e. The maximum absolute atomic E-state index is 11.2. The predicted octanol–water partition coefficient (Wildman–Crippen LogP) is 1.97. The van der Waals surface area contributed by atoms with Gasteiger partial charge < -0.3 is 10.2 Å². The second-order valence-corrected chi connectivity index (χ2v) is 4.70. The zero-order chi connectivity index (χ0) is 13.5. The van der Waals surface area contributed by atoms with Crippen LogP contribution in [0.1, 0.15) is 25.3 Å². The van der Waals surface area contributed by atoms with Crippen molar-refractivity contribution in [3.63, 3.8) is 0 Å². The molecule has 0 spiro atoms. The number of benzene rings is 1. The lowest BCUT2D eigenvalue weighted by Crippen LogP contribution is -2.32. The van der Waals surface area contributed by atoms with Gasteiger partial charge in [0.2, 0.25) is 0 Å². The molecular weight excluding hydrogens is 236 g/mol. The summed E-state index contributed by atoms with van der Waals surface area (Å²) in [4.78, 5) is 13.6. The van der Waals surface area contributed by atoms with Crippen LogP contribution in [0.3, 0.4) is 0 Å². The lowest BCUT2D eigenvalue weighted by molar-refractivity contribution is -0.115. The molecule has 19 heavy (non-hydrogen) atoms. The first-order chi connectivity index (χ1) is 9.31. The maximum Gasteiger partial charge on any atom is 0.295 e. The Morgan fingerprint density at radius 1 is 1.42 bits per heavy atom. The van der Waals surface area contributed by atoms with Crippen molar-refractivity contribution in [1.29, 1.82) is 0 Å². The highest BCUT2D eigenvalue weighted by Crippen LogP contribution is 2.26. The normalized spacial score (nSPS) is 13.2. The first-order valence-corrected chi connectivity index (χ1v) is 6.84. The van der Waals surface area contributed by atoms with Crippen molar-refractivity contribution < 1.29 is 4.79 Å². The molecule has 0 saturated heterocycles. The number of hydrogen-bond acceptors (Lipinski definition) is 2. The molecule has 0 unspecified atom stereocenters. The number of nitrogens with zero attached hydrogens (tertiary/aromatic N) is 1. The maximum atomic E-state index is 11.2. The second kappa shape index (κ2) is 6.84. The van der Waals surface area contributed by atoms with E-state index in [1.807, 2.05) is 0 Å². The van der Waals surface area contributed by atoms with Crippen molar-refractivity contribution in [2.24, 2.45) is 0 Å². The molecule has 0 aliphatic carbocycles. The van der Waals surface area contributed by atoms with Crippen LogP contribution in [-0.2, 0) is 11.2 Å². The standard InChI is InChI=1S/C16H20N2O/c1-2-7-16(19)17-11-6-13-18-12-5-9-14-8-3-4-10-15(14)18/h3-4,8,10H,5-6,9,11-13H2,1H3,(H,17,19). The number of carbonyl (C=O) groups excluding carboxylic acids is 1. The summed E-state index contributed by atoms with van der Waals surface area (Å²) in [5.41, 5.74) is 2.79. The number of aryl methyl sites for hydroxylation is 1. The number of anilines is 1. The molecule has 3 heteroatoms. The lowest BCUT2D eigenvalue weighted by atomic mass is 10.0. The Morgan fingerprint density at radius 3 is 3.11 bits per heavy atom. The Labute approximate surface area is 115 Å². The summed E-state index contributed by atoms with van der Waals surface area (Å²) >= 11 is 0. The first kappa shape index (κ1) is 13.5. The van der Waals surface area contributed by atoms with Crippen LogP contribution in [0.4, 0.5) is 5.69 Å². The Bertz CT molecular complexity index is 499. The fourth-order valence-electron chi connectivity index (χ4n) is 2.47. The minimum absolute atomic E-state index is 0.179. The van der Waals surface area contributed by atoms with Crippen molar-refractivity contribution in [3.05, 3.63) is 29.8 Å². The number of nitrogens with one attached hydrogen (secondary N) is 1. The molecule has 2 rings (SSSR count). The van der Waals surface area contributed by atoms with Gasteiger partial charge in [-0.15, -0.1) is 0 Å². The van der Waals surface area contributed by atoms with E-state index in [-0.39, 0.29) is 5.91 Å². The Hall–Kier alpha value is -1.95. The van der Waals surface area contributed by atoms with Crippen LogP contribution < -0.4 is 10.2 Å². The Morgan fingerprint density at radius 2 is 2.26 bits per heavy atom. The van der Waals surface area contributed by atoms with Crippen LogP contribution in [0.15, 0.2) is 24.3 Å². The summed E-state index contributed by atoms with van der Waals surface area (Å²) in [5.74, 6) is 4.91. The molecule has 3 nitrogen and oxygen atoms in total. The zero-order valence-electron chi connectivity index (χ0n) is 11.4. The van der Waals surface area contributed by atoms with Crippen LogP contribution in [0.5, 0.6) is 0 Å². The van der Waals surface area contributed by atoms with Gasteiger partial charge in [0.25, 0.3) is 5.91 Å². The summed E-state index contributed by atoms with van der Waals surface area (Å²) in [7, 11) is 0. The predicted molar refractivity (Wildman–Crippen MR) is 78.1 cm³/mol. The van der Waals surface area contributed by atoms with E-state index in [2.05, 4.69) is 46.3 Å². The van der Waals surface area contributed by atoms with E-state index >= 15 is 0 Å². The van der Waals surface area contributed by atoms with E-state index in [1.165, 1.54) is 24.1 Å². The number of fused-ring (bicyclic) bond motifs is 1. The van der Waals surface area contributed by atoms with Crippen LogP contribution in [0, 0.1) is 11.8 Å². The molecule has 0 fully saturated rings. The third kappa shape index (κ3) is 3.75. The number of hydrogen-bond donors (Lipinski definition) is 1. The summed E-state index contributed by atoms with van der Waals surface area (Å²) in [6, 6.07) is 8.59. The highest BCUT2D eigenvalue weighted by molar-refractivity contribution is 5.93. The van der Waals surface area contributed by atoms with Crippen LogP contribution in [0.2, 0.25) is 0 Å². The smallest absolute Gasteiger partial charge is 0.295 e. The van der Waals surface area contributed by atoms with Gasteiger partial charge in [0.05, 0.1) is 0 Å². The van der Waals surface area contributed by atoms with Gasteiger partial charge in [-0.25, -0.2) is 0 Å². The lowest BCUT2D eigenvalue weighted by Gasteiger charge is -2.31. The van der Waals surface area contributed by atoms with Crippen molar-refractivity contribution in [1.82, 2.24) is 5.32 Å². The van der Waals surface area contributed by atoms with E-state index in [0.29, 0.717) is 6.54 Å². The van der Waals surface area contributed by atoms with Crippen LogP contribution in [-0.4, -0.2) is 25.5 Å². The number of para-hydroxylation sites is 1. The molecule has 1 heterocycles. The first-order valence-electron chi connectivity index (χ1n) is 6.84. The molecule has 0 aromatic heterocycles. The van der Waals surface area contributed by atoms with Gasteiger partial charge in [-0.3, -0.25) is 4.79 Å². The van der Waals surface area contributed by atoms with Crippen LogP contribution in [0.25, 0.3) is 0 Å². The number of rotatable bonds is 4. The van der Waals surface area contributed by atoms with Gasteiger partial charge in [-0.2, -0.15) is 0 Å². The van der Waals surface area contributed by atoms with Gasteiger partial charge in [0, 0.05) is 25.3 Å². The van der Waals surface area contributed by atoms with Crippen LogP contribution >= 0.6 is 0 Å². The molecule has 1 amide bonds. The molecule has 0 saturated carbocycles. The summed E-state index contributed by atoms with van der Waals surface area (Å²) < 4.78 is 0. The van der Waals surface area contributed by atoms with Crippen molar-refractivity contribution >= 4 is 11.6 Å². The summed E-state index contributed by atoms with van der Waals surface area (Å²) in [5, 5.41) is 2.81.